The van der Waals surface area contributed by atoms with Gasteiger partial charge in [0.05, 0.1) is 0 Å². The van der Waals surface area contributed by atoms with Crippen LogP contribution in [0.5, 0.6) is 5.75 Å². The number of aromatic hydroxyl groups is 1. The van der Waals surface area contributed by atoms with Crippen LogP contribution in [0, 0.1) is 3.57 Å². The summed E-state index contributed by atoms with van der Waals surface area (Å²) in [4.78, 5) is 10.3. The van der Waals surface area contributed by atoms with Crippen LogP contribution in [0.1, 0.15) is 0 Å². The van der Waals surface area contributed by atoms with Gasteiger partial charge < -0.3 is 10.0 Å². The normalized spacial score (nSPS) is 10.1. The molecule has 1 aromatic carbocycles. The van der Waals surface area contributed by atoms with Crippen LogP contribution in [-0.2, 0) is 0 Å². The molecule has 0 fully saturated rings. The molecule has 2 rings (SSSR count). The van der Waals surface area contributed by atoms with Crippen molar-refractivity contribution in [3.8, 4) is 5.75 Å². The molecule has 0 atom stereocenters. The van der Waals surface area contributed by atoms with Crippen LogP contribution < -0.4 is 4.90 Å². The van der Waals surface area contributed by atoms with Gasteiger partial charge in [0.1, 0.15) is 5.75 Å². The van der Waals surface area contributed by atoms with E-state index in [1.807, 2.05) is 24.1 Å². The first-order valence-corrected chi connectivity index (χ1v) is 5.75. The Balaban J connectivity index is 2.28. The standard InChI is InChI=1S/C11H10IN3O/c1-15(9-2-4-10(16)5-3-9)11-13-6-8(12)7-14-11/h2-7,16H,1H3. The third-order valence-electron chi connectivity index (χ3n) is 2.14. The Hall–Kier alpha value is -1.37. The summed E-state index contributed by atoms with van der Waals surface area (Å²) < 4.78 is 1.00. The molecule has 0 unspecified atom stereocenters. The number of phenols is 1. The summed E-state index contributed by atoms with van der Waals surface area (Å²) in [5.41, 5.74) is 0.930. The summed E-state index contributed by atoms with van der Waals surface area (Å²) in [6, 6.07) is 6.91. The third-order valence-corrected chi connectivity index (χ3v) is 2.70. The van der Waals surface area contributed by atoms with Gasteiger partial charge in [-0.25, -0.2) is 9.97 Å². The van der Waals surface area contributed by atoms with Crippen molar-refractivity contribution in [3.63, 3.8) is 0 Å². The van der Waals surface area contributed by atoms with Crippen molar-refractivity contribution in [3.05, 3.63) is 40.2 Å². The molecule has 0 saturated heterocycles. The molecule has 0 saturated carbocycles. The topological polar surface area (TPSA) is 49.2 Å². The molecule has 4 nitrogen and oxygen atoms in total. The fourth-order valence-electron chi connectivity index (χ4n) is 1.27. The van der Waals surface area contributed by atoms with E-state index in [1.165, 1.54) is 0 Å². The van der Waals surface area contributed by atoms with E-state index >= 15 is 0 Å². The highest BCUT2D eigenvalue weighted by Crippen LogP contribution is 2.22. The van der Waals surface area contributed by atoms with Crippen molar-refractivity contribution < 1.29 is 5.11 Å². The Kier molecular flexibility index (Phi) is 3.23. The van der Waals surface area contributed by atoms with Crippen LogP contribution in [0.2, 0.25) is 0 Å². The van der Waals surface area contributed by atoms with Crippen molar-refractivity contribution in [2.24, 2.45) is 0 Å². The van der Waals surface area contributed by atoms with Gasteiger partial charge in [-0.05, 0) is 46.9 Å². The Morgan fingerprint density at radius 3 is 2.25 bits per heavy atom. The smallest absolute Gasteiger partial charge is 0.229 e. The van der Waals surface area contributed by atoms with E-state index in [1.54, 1.807) is 24.5 Å². The first-order chi connectivity index (χ1) is 7.66. The van der Waals surface area contributed by atoms with Crippen LogP contribution in [0.15, 0.2) is 36.7 Å². The first kappa shape index (κ1) is 11.1. The van der Waals surface area contributed by atoms with Crippen molar-refractivity contribution in [2.75, 3.05) is 11.9 Å². The molecular formula is C11H10IN3O. The summed E-state index contributed by atoms with van der Waals surface area (Å²) >= 11 is 2.16. The lowest BCUT2D eigenvalue weighted by Crippen LogP contribution is -2.12. The number of benzene rings is 1. The predicted octanol–water partition coefficient (Wildman–Crippen LogP) is 2.55. The minimum Gasteiger partial charge on any atom is -0.508 e. The highest BCUT2D eigenvalue weighted by Gasteiger charge is 2.06. The summed E-state index contributed by atoms with van der Waals surface area (Å²) in [6.45, 7) is 0. The molecule has 16 heavy (non-hydrogen) atoms. The molecule has 0 aliphatic carbocycles. The number of nitrogens with zero attached hydrogens (tertiary/aromatic N) is 3. The third kappa shape index (κ3) is 2.41. The second-order valence-electron chi connectivity index (χ2n) is 3.28. The molecule has 0 amide bonds. The molecule has 0 aliphatic rings. The van der Waals surface area contributed by atoms with E-state index in [-0.39, 0.29) is 5.75 Å². The molecule has 1 heterocycles. The lowest BCUT2D eigenvalue weighted by Gasteiger charge is -2.16. The monoisotopic (exact) mass is 327 g/mol. The van der Waals surface area contributed by atoms with Crippen LogP contribution in [0.25, 0.3) is 0 Å². The molecule has 1 aromatic heterocycles. The molecule has 0 bridgehead atoms. The van der Waals surface area contributed by atoms with Crippen LogP contribution in [0.3, 0.4) is 0 Å². The number of rotatable bonds is 2. The second kappa shape index (κ2) is 4.65. The lowest BCUT2D eigenvalue weighted by atomic mass is 10.3. The molecule has 5 heteroatoms. The van der Waals surface area contributed by atoms with E-state index < -0.39 is 0 Å². The molecule has 0 radical (unpaired) electrons. The minimum absolute atomic E-state index is 0.251. The number of phenolic OH excluding ortho intramolecular Hbond substituents is 1. The number of hydrogen-bond donors (Lipinski definition) is 1. The molecule has 0 spiro atoms. The largest absolute Gasteiger partial charge is 0.508 e. The quantitative estimate of drug-likeness (QED) is 0.862. The highest BCUT2D eigenvalue weighted by atomic mass is 127. The maximum atomic E-state index is 9.19. The Bertz CT molecular complexity index is 424. The number of hydrogen-bond acceptors (Lipinski definition) is 4. The fraction of sp³-hybridized carbons (Fsp3) is 0.0909. The van der Waals surface area contributed by atoms with Gasteiger partial charge in [0.25, 0.3) is 0 Å². The maximum absolute atomic E-state index is 9.19. The van der Waals surface area contributed by atoms with E-state index in [9.17, 15) is 5.11 Å². The number of halogens is 1. The average molecular weight is 327 g/mol. The second-order valence-corrected chi connectivity index (χ2v) is 4.52. The predicted molar refractivity (Wildman–Crippen MR) is 70.9 cm³/mol. The molecule has 2 aromatic rings. The van der Waals surface area contributed by atoms with E-state index in [2.05, 4.69) is 32.6 Å². The summed E-state index contributed by atoms with van der Waals surface area (Å²) in [5, 5.41) is 9.19. The molecule has 82 valence electrons. The molecule has 0 aliphatic heterocycles. The first-order valence-electron chi connectivity index (χ1n) is 4.67. The van der Waals surface area contributed by atoms with Gasteiger partial charge in [0.15, 0.2) is 0 Å². The summed E-state index contributed by atoms with van der Waals surface area (Å²) in [6.07, 6.45) is 3.53. The van der Waals surface area contributed by atoms with Gasteiger partial charge in [0, 0.05) is 28.7 Å². The molecular weight excluding hydrogens is 317 g/mol. The van der Waals surface area contributed by atoms with Crippen molar-refractivity contribution in [2.45, 2.75) is 0 Å². The zero-order valence-electron chi connectivity index (χ0n) is 8.63. The van der Waals surface area contributed by atoms with Gasteiger partial charge >= 0.3 is 0 Å². The van der Waals surface area contributed by atoms with Crippen molar-refractivity contribution in [1.29, 1.82) is 0 Å². The van der Waals surface area contributed by atoms with Gasteiger partial charge in [-0.3, -0.25) is 0 Å². The van der Waals surface area contributed by atoms with Crippen LogP contribution >= 0.6 is 22.6 Å². The van der Waals surface area contributed by atoms with Gasteiger partial charge in [-0.15, -0.1) is 0 Å². The number of aromatic nitrogens is 2. The van der Waals surface area contributed by atoms with Crippen LogP contribution in [0.4, 0.5) is 11.6 Å². The molecule has 1 N–H and O–H groups in total. The summed E-state index contributed by atoms with van der Waals surface area (Å²) in [7, 11) is 1.88. The number of anilines is 2. The minimum atomic E-state index is 0.251. The Morgan fingerprint density at radius 2 is 1.69 bits per heavy atom. The summed E-state index contributed by atoms with van der Waals surface area (Å²) in [5.74, 6) is 0.881. The van der Waals surface area contributed by atoms with Crippen LogP contribution in [-0.4, -0.2) is 22.1 Å². The lowest BCUT2D eigenvalue weighted by molar-refractivity contribution is 0.475. The SMILES string of the molecule is CN(c1ccc(O)cc1)c1ncc(I)cn1. The Labute approximate surface area is 107 Å². The zero-order valence-corrected chi connectivity index (χ0v) is 10.8. The highest BCUT2D eigenvalue weighted by molar-refractivity contribution is 14.1. The van der Waals surface area contributed by atoms with E-state index in [0.717, 1.165) is 9.26 Å². The van der Waals surface area contributed by atoms with Crippen molar-refractivity contribution >= 4 is 34.2 Å². The zero-order chi connectivity index (χ0) is 11.5. The van der Waals surface area contributed by atoms with Gasteiger partial charge in [-0.2, -0.15) is 0 Å². The van der Waals surface area contributed by atoms with E-state index in [0.29, 0.717) is 5.95 Å². The average Bonchev–Trinajstić information content (AvgIpc) is 2.30. The van der Waals surface area contributed by atoms with Crippen molar-refractivity contribution in [1.82, 2.24) is 9.97 Å². The van der Waals surface area contributed by atoms with E-state index in [4.69, 9.17) is 0 Å². The Morgan fingerprint density at radius 1 is 1.12 bits per heavy atom. The van der Waals surface area contributed by atoms with Gasteiger partial charge in [-0.1, -0.05) is 0 Å². The maximum Gasteiger partial charge on any atom is 0.229 e. The fourth-order valence-corrected chi connectivity index (χ4v) is 1.55. The van der Waals surface area contributed by atoms with Gasteiger partial charge in [0.2, 0.25) is 5.95 Å².